The fourth-order valence-electron chi connectivity index (χ4n) is 3.35. The molecule has 5 heteroatoms. The van der Waals surface area contributed by atoms with Gasteiger partial charge in [0.1, 0.15) is 0 Å². The molecule has 0 saturated carbocycles. The van der Waals surface area contributed by atoms with Crippen molar-refractivity contribution in [1.29, 1.82) is 0 Å². The normalized spacial score (nSPS) is 13.6. The Kier molecular flexibility index (Phi) is 6.97. The van der Waals surface area contributed by atoms with E-state index in [1.807, 2.05) is 47.5 Å². The average molecular weight is 365 g/mol. The van der Waals surface area contributed by atoms with Crippen molar-refractivity contribution in [2.45, 2.75) is 44.9 Å². The molecule has 0 aliphatic carbocycles. The summed E-state index contributed by atoms with van der Waals surface area (Å²) in [5, 5.41) is 2.94. The van der Waals surface area contributed by atoms with Crippen LogP contribution in [0.5, 0.6) is 0 Å². The number of likely N-dealkylation sites (tertiary alicyclic amines) is 1. The van der Waals surface area contributed by atoms with Crippen LogP contribution in [0, 0.1) is 0 Å². The highest BCUT2D eigenvalue weighted by Crippen LogP contribution is 2.14. The van der Waals surface area contributed by atoms with E-state index in [2.05, 4.69) is 10.3 Å². The number of carbonyl (C=O) groups is 2. The van der Waals surface area contributed by atoms with Crippen LogP contribution in [0.25, 0.3) is 0 Å². The molecular weight excluding hydrogens is 338 g/mol. The number of nitrogens with one attached hydrogen (secondary N) is 1. The zero-order valence-corrected chi connectivity index (χ0v) is 15.7. The van der Waals surface area contributed by atoms with Crippen molar-refractivity contribution in [3.63, 3.8) is 0 Å². The minimum absolute atomic E-state index is 0.0239. The molecule has 0 spiro atoms. The molecule has 1 aromatic heterocycles. The number of hydrogen-bond donors (Lipinski definition) is 1. The van der Waals surface area contributed by atoms with Crippen LogP contribution in [-0.4, -0.2) is 34.8 Å². The van der Waals surface area contributed by atoms with E-state index >= 15 is 0 Å². The molecule has 5 nitrogen and oxygen atoms in total. The lowest BCUT2D eigenvalue weighted by Gasteiger charge is -2.15. The van der Waals surface area contributed by atoms with Crippen molar-refractivity contribution in [2.75, 3.05) is 18.4 Å². The Morgan fingerprint density at radius 1 is 0.963 bits per heavy atom. The maximum Gasteiger partial charge on any atom is 0.224 e. The Morgan fingerprint density at radius 3 is 2.44 bits per heavy atom. The molecule has 142 valence electrons. The molecule has 2 amide bonds. The molecule has 27 heavy (non-hydrogen) atoms. The zero-order chi connectivity index (χ0) is 18.9. The molecule has 0 radical (unpaired) electrons. The number of rotatable bonds is 8. The first-order valence-corrected chi connectivity index (χ1v) is 9.76. The third-order valence-corrected chi connectivity index (χ3v) is 4.92. The van der Waals surface area contributed by atoms with Gasteiger partial charge >= 0.3 is 0 Å². The summed E-state index contributed by atoms with van der Waals surface area (Å²) in [5.74, 6) is 0.273. The summed E-state index contributed by atoms with van der Waals surface area (Å²) >= 11 is 0. The number of nitrogens with zero attached hydrogens (tertiary/aromatic N) is 2. The van der Waals surface area contributed by atoms with Gasteiger partial charge in [-0.15, -0.1) is 0 Å². The van der Waals surface area contributed by atoms with Crippen molar-refractivity contribution in [2.24, 2.45) is 0 Å². The standard InChI is InChI=1S/C22H27N3O2/c26-21(7-3-5-19-6-4-14-23-17-19)24-20-11-8-18(9-12-20)10-13-22(27)25-15-1-2-16-25/h4,6,8-9,11-12,14,17H,1-3,5,7,10,13,15-16H2,(H,24,26). The minimum Gasteiger partial charge on any atom is -0.343 e. The SMILES string of the molecule is O=C(CCCc1cccnc1)Nc1ccc(CCC(=O)N2CCCC2)cc1. The van der Waals surface area contributed by atoms with Crippen LogP contribution in [0.2, 0.25) is 0 Å². The van der Waals surface area contributed by atoms with Crippen LogP contribution >= 0.6 is 0 Å². The first-order valence-electron chi connectivity index (χ1n) is 9.76. The summed E-state index contributed by atoms with van der Waals surface area (Å²) in [7, 11) is 0. The quantitative estimate of drug-likeness (QED) is 0.777. The minimum atomic E-state index is 0.0239. The molecule has 1 aromatic carbocycles. The fraction of sp³-hybridized carbons (Fsp3) is 0.409. The molecule has 3 rings (SSSR count). The maximum absolute atomic E-state index is 12.1. The van der Waals surface area contributed by atoms with Crippen LogP contribution in [0.3, 0.4) is 0 Å². The van der Waals surface area contributed by atoms with Crippen LogP contribution in [0.15, 0.2) is 48.8 Å². The van der Waals surface area contributed by atoms with Gasteiger partial charge in [0.15, 0.2) is 0 Å². The van der Waals surface area contributed by atoms with Gasteiger partial charge in [-0.25, -0.2) is 0 Å². The number of pyridine rings is 1. The number of aryl methyl sites for hydroxylation is 2. The highest BCUT2D eigenvalue weighted by molar-refractivity contribution is 5.90. The van der Waals surface area contributed by atoms with E-state index < -0.39 is 0 Å². The molecule has 1 aliphatic heterocycles. The molecule has 2 heterocycles. The van der Waals surface area contributed by atoms with Gasteiger partial charge in [-0.2, -0.15) is 0 Å². The van der Waals surface area contributed by atoms with E-state index in [4.69, 9.17) is 0 Å². The Hall–Kier alpha value is -2.69. The van der Waals surface area contributed by atoms with E-state index in [-0.39, 0.29) is 11.8 Å². The molecule has 0 atom stereocenters. The summed E-state index contributed by atoms with van der Waals surface area (Å²) in [5.41, 5.74) is 3.08. The summed E-state index contributed by atoms with van der Waals surface area (Å²) in [6.07, 6.45) is 9.28. The maximum atomic E-state index is 12.1. The van der Waals surface area contributed by atoms with Crippen LogP contribution in [0.4, 0.5) is 5.69 Å². The smallest absolute Gasteiger partial charge is 0.224 e. The van der Waals surface area contributed by atoms with Crippen LogP contribution in [0.1, 0.15) is 43.2 Å². The molecule has 1 N–H and O–H groups in total. The lowest BCUT2D eigenvalue weighted by molar-refractivity contribution is -0.130. The molecule has 1 saturated heterocycles. The van der Waals surface area contributed by atoms with Gasteiger partial charge in [0, 0.05) is 44.0 Å². The molecule has 2 aromatic rings. The van der Waals surface area contributed by atoms with Gasteiger partial charge in [0.05, 0.1) is 0 Å². The first-order chi connectivity index (χ1) is 13.2. The van der Waals surface area contributed by atoms with Crippen molar-refractivity contribution < 1.29 is 9.59 Å². The largest absolute Gasteiger partial charge is 0.343 e. The second kappa shape index (κ2) is 9.86. The number of aromatic nitrogens is 1. The number of benzene rings is 1. The van der Waals surface area contributed by atoms with Crippen molar-refractivity contribution in [3.8, 4) is 0 Å². The average Bonchev–Trinajstić information content (AvgIpc) is 3.23. The van der Waals surface area contributed by atoms with Crippen molar-refractivity contribution in [1.82, 2.24) is 9.88 Å². The Balaban J connectivity index is 1.37. The van der Waals surface area contributed by atoms with Crippen molar-refractivity contribution in [3.05, 3.63) is 59.9 Å². The Labute approximate surface area is 160 Å². The van der Waals surface area contributed by atoms with Gasteiger partial charge in [-0.05, 0) is 61.4 Å². The summed E-state index contributed by atoms with van der Waals surface area (Å²) in [6.45, 7) is 1.81. The molecule has 0 bridgehead atoms. The predicted molar refractivity (Wildman–Crippen MR) is 106 cm³/mol. The monoisotopic (exact) mass is 365 g/mol. The third kappa shape index (κ3) is 6.20. The molecule has 0 unspecified atom stereocenters. The Bertz CT molecular complexity index is 738. The van der Waals surface area contributed by atoms with Crippen LogP contribution in [-0.2, 0) is 22.4 Å². The number of anilines is 1. The number of amides is 2. The second-order valence-electron chi connectivity index (χ2n) is 7.05. The van der Waals surface area contributed by atoms with Gasteiger partial charge in [0.2, 0.25) is 11.8 Å². The van der Waals surface area contributed by atoms with Gasteiger partial charge < -0.3 is 10.2 Å². The van der Waals surface area contributed by atoms with E-state index in [1.54, 1.807) is 6.20 Å². The number of hydrogen-bond acceptors (Lipinski definition) is 3. The Morgan fingerprint density at radius 2 is 1.74 bits per heavy atom. The highest BCUT2D eigenvalue weighted by atomic mass is 16.2. The fourth-order valence-corrected chi connectivity index (χ4v) is 3.35. The van der Waals surface area contributed by atoms with Gasteiger partial charge in [0.25, 0.3) is 0 Å². The van der Waals surface area contributed by atoms with E-state index in [1.165, 1.54) is 0 Å². The first kappa shape index (κ1) is 19.1. The lowest BCUT2D eigenvalue weighted by Crippen LogP contribution is -2.27. The number of carbonyl (C=O) groups excluding carboxylic acids is 2. The van der Waals surface area contributed by atoms with E-state index in [9.17, 15) is 9.59 Å². The molecule has 1 aliphatic rings. The predicted octanol–water partition coefficient (Wildman–Crippen LogP) is 3.60. The van der Waals surface area contributed by atoms with Gasteiger partial charge in [-0.3, -0.25) is 14.6 Å². The summed E-state index contributed by atoms with van der Waals surface area (Å²) in [4.78, 5) is 30.2. The molecule has 1 fully saturated rings. The third-order valence-electron chi connectivity index (χ3n) is 4.92. The lowest BCUT2D eigenvalue weighted by atomic mass is 10.1. The second-order valence-corrected chi connectivity index (χ2v) is 7.05. The van der Waals surface area contributed by atoms with E-state index in [0.717, 1.165) is 62.0 Å². The zero-order valence-electron chi connectivity index (χ0n) is 15.7. The van der Waals surface area contributed by atoms with Crippen LogP contribution < -0.4 is 5.32 Å². The highest BCUT2D eigenvalue weighted by Gasteiger charge is 2.17. The summed E-state index contributed by atoms with van der Waals surface area (Å²) < 4.78 is 0. The topological polar surface area (TPSA) is 62.3 Å². The molecular formula is C22H27N3O2. The van der Waals surface area contributed by atoms with Crippen molar-refractivity contribution >= 4 is 17.5 Å². The van der Waals surface area contributed by atoms with E-state index in [0.29, 0.717) is 12.8 Å². The summed E-state index contributed by atoms with van der Waals surface area (Å²) in [6, 6.07) is 11.7. The van der Waals surface area contributed by atoms with Gasteiger partial charge in [-0.1, -0.05) is 18.2 Å².